The molecule has 1 aromatic heterocycles. The molecule has 0 aliphatic carbocycles. The van der Waals surface area contributed by atoms with E-state index in [4.69, 9.17) is 9.47 Å². The van der Waals surface area contributed by atoms with Gasteiger partial charge in [0.05, 0.1) is 26.4 Å². The highest BCUT2D eigenvalue weighted by Crippen LogP contribution is 2.25. The molecule has 3 heterocycles. The Morgan fingerprint density at radius 2 is 1.54 bits per heavy atom. The van der Waals surface area contributed by atoms with Gasteiger partial charge in [-0.1, -0.05) is 11.8 Å². The number of thioether (sulfide) groups is 1. The standard InChI is InChI=1S/C14H21N5O4S/c1-17-10-15-16-14(17)24-11(12(20)18-2-6-22-7-3-18)13(21)19-4-8-23-9-5-19/h10-11H,2-9H2,1H3. The van der Waals surface area contributed by atoms with E-state index in [1.807, 2.05) is 0 Å². The Balaban J connectivity index is 1.77. The van der Waals surface area contributed by atoms with Gasteiger partial charge >= 0.3 is 0 Å². The van der Waals surface area contributed by atoms with Crippen molar-refractivity contribution in [3.63, 3.8) is 0 Å². The van der Waals surface area contributed by atoms with E-state index >= 15 is 0 Å². The molecule has 9 nitrogen and oxygen atoms in total. The van der Waals surface area contributed by atoms with Gasteiger partial charge in [-0.25, -0.2) is 0 Å². The molecule has 0 N–H and O–H groups in total. The zero-order valence-electron chi connectivity index (χ0n) is 13.6. The number of hydrogen-bond acceptors (Lipinski definition) is 7. The number of aromatic nitrogens is 3. The first-order chi connectivity index (χ1) is 11.7. The van der Waals surface area contributed by atoms with Crippen molar-refractivity contribution in [1.82, 2.24) is 24.6 Å². The summed E-state index contributed by atoms with van der Waals surface area (Å²) in [6.07, 6.45) is 1.55. The van der Waals surface area contributed by atoms with Crippen LogP contribution in [0, 0.1) is 0 Å². The van der Waals surface area contributed by atoms with Crippen LogP contribution in [-0.2, 0) is 26.1 Å². The fraction of sp³-hybridized carbons (Fsp3) is 0.714. The lowest BCUT2D eigenvalue weighted by Crippen LogP contribution is -2.52. The minimum Gasteiger partial charge on any atom is -0.378 e. The fourth-order valence-electron chi connectivity index (χ4n) is 2.59. The largest absolute Gasteiger partial charge is 0.378 e. The summed E-state index contributed by atoms with van der Waals surface area (Å²) in [6, 6.07) is 0. The van der Waals surface area contributed by atoms with Crippen molar-refractivity contribution < 1.29 is 19.1 Å². The zero-order chi connectivity index (χ0) is 16.9. The van der Waals surface area contributed by atoms with Crippen LogP contribution in [0.4, 0.5) is 0 Å². The molecule has 0 saturated carbocycles. The smallest absolute Gasteiger partial charge is 0.245 e. The number of carbonyl (C=O) groups is 2. The predicted molar refractivity (Wildman–Crippen MR) is 85.4 cm³/mol. The summed E-state index contributed by atoms with van der Waals surface area (Å²) in [6.45, 7) is 4.02. The fourth-order valence-corrected chi connectivity index (χ4v) is 3.61. The summed E-state index contributed by atoms with van der Waals surface area (Å²) in [7, 11) is 1.79. The van der Waals surface area contributed by atoms with E-state index < -0.39 is 5.25 Å². The van der Waals surface area contributed by atoms with Crippen LogP contribution in [0.15, 0.2) is 11.5 Å². The average Bonchev–Trinajstić information content (AvgIpc) is 3.05. The van der Waals surface area contributed by atoms with Gasteiger partial charge in [0, 0.05) is 33.2 Å². The van der Waals surface area contributed by atoms with Gasteiger partial charge < -0.3 is 23.8 Å². The Morgan fingerprint density at radius 3 is 1.96 bits per heavy atom. The summed E-state index contributed by atoms with van der Waals surface area (Å²) < 4.78 is 12.3. The van der Waals surface area contributed by atoms with Crippen molar-refractivity contribution in [3.8, 4) is 0 Å². The minimum absolute atomic E-state index is 0.192. The van der Waals surface area contributed by atoms with E-state index in [0.717, 1.165) is 11.8 Å². The second-order valence-corrected chi connectivity index (χ2v) is 6.67. The maximum atomic E-state index is 12.9. The van der Waals surface area contributed by atoms with E-state index in [1.54, 1.807) is 27.7 Å². The first kappa shape index (κ1) is 17.2. The van der Waals surface area contributed by atoms with Crippen molar-refractivity contribution in [2.24, 2.45) is 7.05 Å². The molecular formula is C14H21N5O4S. The first-order valence-corrected chi connectivity index (χ1v) is 8.78. The lowest BCUT2D eigenvalue weighted by molar-refractivity contribution is -0.144. The second kappa shape index (κ2) is 7.95. The Morgan fingerprint density at radius 1 is 1.04 bits per heavy atom. The Bertz CT molecular complexity index is 553. The number of hydrogen-bond donors (Lipinski definition) is 0. The molecule has 132 valence electrons. The summed E-state index contributed by atoms with van der Waals surface area (Å²) >= 11 is 1.15. The molecule has 24 heavy (non-hydrogen) atoms. The molecule has 2 amide bonds. The minimum atomic E-state index is -0.857. The maximum Gasteiger partial charge on any atom is 0.245 e. The van der Waals surface area contributed by atoms with Gasteiger partial charge in [0.15, 0.2) is 10.4 Å². The highest BCUT2D eigenvalue weighted by atomic mass is 32.2. The summed E-state index contributed by atoms with van der Waals surface area (Å²) in [4.78, 5) is 29.2. The third-order valence-corrected chi connectivity index (χ3v) is 5.21. The van der Waals surface area contributed by atoms with Gasteiger partial charge in [0.2, 0.25) is 11.8 Å². The molecular weight excluding hydrogens is 334 g/mol. The van der Waals surface area contributed by atoms with Crippen LogP contribution in [0.1, 0.15) is 0 Å². The van der Waals surface area contributed by atoms with Crippen LogP contribution in [0.25, 0.3) is 0 Å². The Kier molecular flexibility index (Phi) is 5.69. The predicted octanol–water partition coefficient (Wildman–Crippen LogP) is -1.01. The van der Waals surface area contributed by atoms with Gasteiger partial charge in [0.25, 0.3) is 0 Å². The molecule has 1 aromatic rings. The maximum absolute atomic E-state index is 12.9. The quantitative estimate of drug-likeness (QED) is 0.505. The van der Waals surface area contributed by atoms with Crippen molar-refractivity contribution in [3.05, 3.63) is 6.33 Å². The summed E-state index contributed by atoms with van der Waals surface area (Å²) in [5.74, 6) is -0.384. The third-order valence-electron chi connectivity index (χ3n) is 3.99. The number of aryl methyl sites for hydroxylation is 1. The van der Waals surface area contributed by atoms with Crippen LogP contribution < -0.4 is 0 Å². The Labute approximate surface area is 144 Å². The summed E-state index contributed by atoms with van der Waals surface area (Å²) in [5, 5.41) is 7.50. The van der Waals surface area contributed by atoms with E-state index in [0.29, 0.717) is 57.8 Å². The lowest BCUT2D eigenvalue weighted by Gasteiger charge is -2.33. The topological polar surface area (TPSA) is 89.8 Å². The number of morpholine rings is 2. The SMILES string of the molecule is Cn1cnnc1SC(C(=O)N1CCOCC1)C(=O)N1CCOCC1. The normalized spacial score (nSPS) is 18.9. The van der Waals surface area contributed by atoms with Crippen molar-refractivity contribution >= 4 is 23.6 Å². The van der Waals surface area contributed by atoms with Crippen LogP contribution >= 0.6 is 11.8 Å². The molecule has 0 radical (unpaired) electrons. The highest BCUT2D eigenvalue weighted by molar-refractivity contribution is 8.01. The number of amides is 2. The van der Waals surface area contributed by atoms with Gasteiger partial charge in [-0.3, -0.25) is 9.59 Å². The van der Waals surface area contributed by atoms with Gasteiger partial charge in [-0.2, -0.15) is 0 Å². The van der Waals surface area contributed by atoms with Gasteiger partial charge in [-0.15, -0.1) is 10.2 Å². The van der Waals surface area contributed by atoms with Crippen molar-refractivity contribution in [2.75, 3.05) is 52.6 Å². The van der Waals surface area contributed by atoms with Crippen molar-refractivity contribution in [1.29, 1.82) is 0 Å². The number of carbonyl (C=O) groups excluding carboxylic acids is 2. The molecule has 2 saturated heterocycles. The van der Waals surface area contributed by atoms with E-state index in [2.05, 4.69) is 10.2 Å². The van der Waals surface area contributed by atoms with Gasteiger partial charge in [-0.05, 0) is 0 Å². The van der Waals surface area contributed by atoms with Gasteiger partial charge in [0.1, 0.15) is 6.33 Å². The molecule has 10 heteroatoms. The second-order valence-electron chi connectivity index (χ2n) is 5.60. The van der Waals surface area contributed by atoms with E-state index in [-0.39, 0.29) is 11.8 Å². The third kappa shape index (κ3) is 3.87. The van der Waals surface area contributed by atoms with Crippen LogP contribution in [0.3, 0.4) is 0 Å². The number of rotatable bonds is 4. The molecule has 2 fully saturated rings. The van der Waals surface area contributed by atoms with Crippen LogP contribution in [0.5, 0.6) is 0 Å². The van der Waals surface area contributed by atoms with Crippen molar-refractivity contribution in [2.45, 2.75) is 10.4 Å². The van der Waals surface area contributed by atoms with E-state index in [9.17, 15) is 9.59 Å². The zero-order valence-corrected chi connectivity index (χ0v) is 14.4. The molecule has 0 spiro atoms. The number of nitrogens with zero attached hydrogens (tertiary/aromatic N) is 5. The number of ether oxygens (including phenoxy) is 2. The monoisotopic (exact) mass is 355 g/mol. The Hall–Kier alpha value is -1.65. The lowest BCUT2D eigenvalue weighted by atomic mass is 10.2. The van der Waals surface area contributed by atoms with Crippen LogP contribution in [-0.4, -0.2) is 94.2 Å². The van der Waals surface area contributed by atoms with Crippen LogP contribution in [0.2, 0.25) is 0 Å². The highest BCUT2D eigenvalue weighted by Gasteiger charge is 2.37. The summed E-state index contributed by atoms with van der Waals surface area (Å²) in [5.41, 5.74) is 0. The molecule has 2 aliphatic heterocycles. The van der Waals surface area contributed by atoms with E-state index in [1.165, 1.54) is 0 Å². The molecule has 0 aromatic carbocycles. The molecule has 0 bridgehead atoms. The molecule has 0 unspecified atom stereocenters. The average molecular weight is 355 g/mol. The molecule has 3 rings (SSSR count). The molecule has 2 aliphatic rings. The molecule has 0 atom stereocenters. The first-order valence-electron chi connectivity index (χ1n) is 7.90.